The third-order valence-corrected chi connectivity index (χ3v) is 3.33. The zero-order valence-corrected chi connectivity index (χ0v) is 12.9. The summed E-state index contributed by atoms with van der Waals surface area (Å²) >= 11 is 0. The zero-order chi connectivity index (χ0) is 13.2. The van der Waals surface area contributed by atoms with Gasteiger partial charge in [0.05, 0.1) is 0 Å². The van der Waals surface area contributed by atoms with E-state index in [4.69, 9.17) is 0 Å². The predicted octanol–water partition coefficient (Wildman–Crippen LogP) is 4.91. The van der Waals surface area contributed by atoms with Gasteiger partial charge in [0.25, 0.3) is 0 Å². The maximum atomic E-state index is 13.0. The van der Waals surface area contributed by atoms with Gasteiger partial charge in [0.1, 0.15) is 5.82 Å². The Bertz CT molecular complexity index is 322. The highest BCUT2D eigenvalue weighted by Gasteiger charge is 2.20. The van der Waals surface area contributed by atoms with Crippen molar-refractivity contribution in [2.24, 2.45) is 0 Å². The topological polar surface area (TPSA) is 12.0 Å². The lowest BCUT2D eigenvalue weighted by atomic mass is 9.93. The van der Waals surface area contributed by atoms with E-state index in [2.05, 4.69) is 19.2 Å². The molecular weight excluding hydrogens is 261 g/mol. The fraction of sp³-hybridized carbons (Fsp3) is 0.625. The van der Waals surface area contributed by atoms with Crippen molar-refractivity contribution in [3.05, 3.63) is 35.6 Å². The number of unbranched alkanes of at least 4 members (excludes halogenated alkanes) is 4. The predicted molar refractivity (Wildman–Crippen MR) is 83.7 cm³/mol. The standard InChI is InChI=1S/C9H10FN.C7H16.ClH/c10-9-4-2-1-3-8(9)7-5-11-6-7;1-3-5-7-6-4-2;/h1-4,7,11H,5-6H2;3-7H2,1-2H3;1H. The normalized spacial score (nSPS) is 13.8. The first-order chi connectivity index (χ1) is 8.79. The molecule has 1 fully saturated rings. The Morgan fingerprint density at radius 2 is 1.63 bits per heavy atom. The fourth-order valence-corrected chi connectivity index (χ4v) is 1.99. The molecular formula is C16H27ClFN. The summed E-state index contributed by atoms with van der Waals surface area (Å²) < 4.78 is 13.0. The Morgan fingerprint density at radius 1 is 1.05 bits per heavy atom. The van der Waals surface area contributed by atoms with Crippen LogP contribution in [0.25, 0.3) is 0 Å². The molecule has 19 heavy (non-hydrogen) atoms. The highest BCUT2D eigenvalue weighted by Crippen LogP contribution is 2.21. The molecule has 0 aromatic heterocycles. The minimum Gasteiger partial charge on any atom is -0.315 e. The van der Waals surface area contributed by atoms with Crippen LogP contribution in [0.1, 0.15) is 57.4 Å². The van der Waals surface area contributed by atoms with E-state index in [0.29, 0.717) is 5.92 Å². The van der Waals surface area contributed by atoms with Gasteiger partial charge in [-0.25, -0.2) is 4.39 Å². The quantitative estimate of drug-likeness (QED) is 0.759. The summed E-state index contributed by atoms with van der Waals surface area (Å²) in [5, 5.41) is 3.12. The Morgan fingerprint density at radius 3 is 2.05 bits per heavy atom. The van der Waals surface area contributed by atoms with Crippen LogP contribution in [0.5, 0.6) is 0 Å². The van der Waals surface area contributed by atoms with Crippen molar-refractivity contribution in [1.82, 2.24) is 5.32 Å². The fourth-order valence-electron chi connectivity index (χ4n) is 1.99. The molecule has 1 heterocycles. The van der Waals surface area contributed by atoms with Crippen molar-refractivity contribution in [3.8, 4) is 0 Å². The van der Waals surface area contributed by atoms with Crippen molar-refractivity contribution >= 4 is 12.4 Å². The third-order valence-electron chi connectivity index (χ3n) is 3.33. The van der Waals surface area contributed by atoms with Crippen molar-refractivity contribution in [2.75, 3.05) is 13.1 Å². The summed E-state index contributed by atoms with van der Waals surface area (Å²) in [7, 11) is 0. The number of hydrogen-bond donors (Lipinski definition) is 1. The number of rotatable bonds is 5. The molecule has 0 saturated carbocycles. The van der Waals surface area contributed by atoms with Crippen molar-refractivity contribution < 1.29 is 4.39 Å². The van der Waals surface area contributed by atoms with E-state index in [1.165, 1.54) is 38.2 Å². The van der Waals surface area contributed by atoms with E-state index >= 15 is 0 Å². The van der Waals surface area contributed by atoms with Crippen molar-refractivity contribution in [3.63, 3.8) is 0 Å². The summed E-state index contributed by atoms with van der Waals surface area (Å²) in [5.74, 6) is 0.329. The number of hydrogen-bond acceptors (Lipinski definition) is 1. The summed E-state index contributed by atoms with van der Waals surface area (Å²) in [5.41, 5.74) is 0.853. The van der Waals surface area contributed by atoms with Gasteiger partial charge in [0, 0.05) is 19.0 Å². The molecule has 0 unspecified atom stereocenters. The molecule has 0 radical (unpaired) electrons. The summed E-state index contributed by atoms with van der Waals surface area (Å²) in [4.78, 5) is 0. The lowest BCUT2D eigenvalue weighted by Crippen LogP contribution is -2.40. The first kappa shape index (κ1) is 18.4. The van der Waals surface area contributed by atoms with E-state index < -0.39 is 0 Å². The third kappa shape index (κ3) is 6.93. The molecule has 1 saturated heterocycles. The van der Waals surface area contributed by atoms with Crippen molar-refractivity contribution in [2.45, 2.75) is 51.9 Å². The maximum Gasteiger partial charge on any atom is 0.126 e. The Hall–Kier alpha value is -0.600. The van der Waals surface area contributed by atoms with Crippen LogP contribution in [-0.4, -0.2) is 13.1 Å². The number of nitrogens with one attached hydrogen (secondary N) is 1. The molecule has 0 spiro atoms. The lowest BCUT2D eigenvalue weighted by Gasteiger charge is -2.27. The zero-order valence-electron chi connectivity index (χ0n) is 12.1. The summed E-state index contributed by atoms with van der Waals surface area (Å²) in [6.45, 7) is 6.33. The molecule has 110 valence electrons. The molecule has 0 atom stereocenters. The molecule has 1 aromatic rings. The summed E-state index contributed by atoms with van der Waals surface area (Å²) in [6, 6.07) is 7.00. The van der Waals surface area contributed by atoms with Gasteiger partial charge in [-0.1, -0.05) is 64.2 Å². The molecule has 3 heteroatoms. The minimum atomic E-state index is -0.0704. The van der Waals surface area contributed by atoms with E-state index in [-0.39, 0.29) is 18.2 Å². The number of halogens is 2. The second kappa shape index (κ2) is 11.2. The molecule has 0 amide bonds. The van der Waals surface area contributed by atoms with Crippen LogP contribution in [0.4, 0.5) is 4.39 Å². The highest BCUT2D eigenvalue weighted by atomic mass is 35.5. The van der Waals surface area contributed by atoms with Gasteiger partial charge in [-0.15, -0.1) is 12.4 Å². The van der Waals surface area contributed by atoms with E-state index in [0.717, 1.165) is 18.7 Å². The van der Waals surface area contributed by atoms with Crippen LogP contribution in [0.15, 0.2) is 24.3 Å². The molecule has 1 N–H and O–H groups in total. The van der Waals surface area contributed by atoms with Gasteiger partial charge in [-0.05, 0) is 11.6 Å². The van der Waals surface area contributed by atoms with E-state index in [9.17, 15) is 4.39 Å². The van der Waals surface area contributed by atoms with Crippen LogP contribution in [-0.2, 0) is 0 Å². The second-order valence-corrected chi connectivity index (χ2v) is 4.94. The molecule has 2 rings (SSSR count). The first-order valence-electron chi connectivity index (χ1n) is 7.24. The molecule has 1 aliphatic heterocycles. The van der Waals surface area contributed by atoms with Crippen LogP contribution in [0.2, 0.25) is 0 Å². The number of benzene rings is 1. The van der Waals surface area contributed by atoms with Gasteiger partial charge in [0.15, 0.2) is 0 Å². The van der Waals surface area contributed by atoms with Crippen LogP contribution in [0.3, 0.4) is 0 Å². The van der Waals surface area contributed by atoms with Gasteiger partial charge >= 0.3 is 0 Å². The molecule has 1 nitrogen and oxygen atoms in total. The van der Waals surface area contributed by atoms with Crippen LogP contribution in [0, 0.1) is 5.82 Å². The monoisotopic (exact) mass is 287 g/mol. The smallest absolute Gasteiger partial charge is 0.126 e. The Kier molecular flexibility index (Phi) is 10.9. The maximum absolute atomic E-state index is 13.0. The second-order valence-electron chi connectivity index (χ2n) is 4.94. The SMILES string of the molecule is CCCCCCC.Cl.Fc1ccccc1C1CNC1. The van der Waals surface area contributed by atoms with Gasteiger partial charge < -0.3 is 5.32 Å². The average molecular weight is 288 g/mol. The lowest BCUT2D eigenvalue weighted by molar-refractivity contribution is 0.431. The van der Waals surface area contributed by atoms with Gasteiger partial charge in [0.2, 0.25) is 0 Å². The molecule has 0 aliphatic carbocycles. The average Bonchev–Trinajstić information content (AvgIpc) is 2.31. The van der Waals surface area contributed by atoms with E-state index in [1.54, 1.807) is 6.07 Å². The van der Waals surface area contributed by atoms with Gasteiger partial charge in [-0.3, -0.25) is 0 Å². The van der Waals surface area contributed by atoms with Gasteiger partial charge in [-0.2, -0.15) is 0 Å². The van der Waals surface area contributed by atoms with Crippen molar-refractivity contribution in [1.29, 1.82) is 0 Å². The molecule has 0 bridgehead atoms. The highest BCUT2D eigenvalue weighted by molar-refractivity contribution is 5.85. The Labute approximate surface area is 123 Å². The Balaban J connectivity index is 0.000000360. The largest absolute Gasteiger partial charge is 0.315 e. The molecule has 1 aromatic carbocycles. The minimum absolute atomic E-state index is 0. The molecule has 1 aliphatic rings. The van der Waals surface area contributed by atoms with Crippen LogP contribution >= 0.6 is 12.4 Å². The van der Waals surface area contributed by atoms with Crippen LogP contribution < -0.4 is 5.32 Å². The summed E-state index contributed by atoms with van der Waals surface area (Å²) in [6.07, 6.45) is 7.01. The van der Waals surface area contributed by atoms with E-state index in [1.807, 2.05) is 12.1 Å². The first-order valence-corrected chi connectivity index (χ1v) is 7.24.